The number of fused-ring (bicyclic) bond motifs is 9. The number of aromatic amines is 3. The van der Waals surface area contributed by atoms with Crippen molar-refractivity contribution in [3.05, 3.63) is 190 Å². The van der Waals surface area contributed by atoms with Gasteiger partial charge in [-0.05, 0) is 168 Å². The average molecular weight is 1210 g/mol. The molecule has 414 valence electrons. The molecule has 0 fully saturated rings. The first-order valence-corrected chi connectivity index (χ1v) is 27.4. The summed E-state index contributed by atoms with van der Waals surface area (Å²) in [4.78, 5) is 38.9. The van der Waals surface area contributed by atoms with Crippen LogP contribution in [0.5, 0.6) is 17.2 Å². The monoisotopic (exact) mass is 1210 g/mol. The number of hydrogen-bond acceptors (Lipinski definition) is 7. The summed E-state index contributed by atoms with van der Waals surface area (Å²) >= 11 is 36.0. The van der Waals surface area contributed by atoms with E-state index in [9.17, 15) is 14.7 Å². The number of benzene rings is 6. The van der Waals surface area contributed by atoms with Crippen LogP contribution in [0, 0.1) is 0 Å². The fourth-order valence-corrected chi connectivity index (χ4v) is 11.2. The lowest BCUT2D eigenvalue weighted by Gasteiger charge is -2.27. The molecule has 9 aromatic rings. The second-order valence-corrected chi connectivity index (χ2v) is 21.5. The highest BCUT2D eigenvalue weighted by Gasteiger charge is 2.26. The van der Waals surface area contributed by atoms with Crippen molar-refractivity contribution in [2.75, 3.05) is 33.9 Å². The lowest BCUT2D eigenvalue weighted by molar-refractivity contribution is 0.190. The largest absolute Gasteiger partial charge is 0.508 e. The maximum atomic E-state index is 12.6. The van der Waals surface area contributed by atoms with Crippen molar-refractivity contribution in [1.82, 2.24) is 40.7 Å². The molecular weight excluding hydrogens is 1150 g/mol. The molecule has 21 heteroatoms. The Balaban J connectivity index is 0.000000146. The number of nitrogens with one attached hydrogen (secondary N) is 6. The van der Waals surface area contributed by atoms with Crippen LogP contribution in [-0.2, 0) is 58.5 Å². The molecule has 6 heterocycles. The molecule has 0 aliphatic carbocycles. The predicted octanol–water partition coefficient (Wildman–Crippen LogP) is 13.9. The lowest BCUT2D eigenvalue weighted by atomic mass is 10.0. The highest BCUT2D eigenvalue weighted by atomic mass is 35.5. The standard InChI is InChI=1S/C20H19Cl2N3O2.C19H17Cl2N3O2.C11H11ClN2.C8H10ClNO.ClH/c1-27-15-7-12(6-14(22)8-15)10-23-20(26)25-5-4-16-17-9-13(21)2-3-18(17)24-19(16)11-25;20-12-1-2-17-16(8-12)15-3-4-24(10-18(15)23-17)19(26)22-9-11-5-13(21)7-14(25)6-11;12-7-1-2-10-9(5-7)8-3-4-13-6-11(8)14-10;1-11-8-3-6(5-10)2-7(9)4-8;/h2-3,6-9,24H,4-5,10-11H2,1H3,(H,23,26);1-2,5-8,23,25H,3-4,9-10H2,(H,22,26);1-2,5,13-14H,3-4,6H2;2-4H,5,10H2,1H3;1H. The fraction of sp³-hybridized carbons (Fsp3) is 0.241. The highest BCUT2D eigenvalue weighted by Crippen LogP contribution is 2.32. The molecule has 3 aromatic heterocycles. The van der Waals surface area contributed by atoms with Gasteiger partial charge in [-0.1, -0.05) is 69.6 Å². The van der Waals surface area contributed by atoms with Crippen molar-refractivity contribution in [3.8, 4) is 17.2 Å². The van der Waals surface area contributed by atoms with E-state index < -0.39 is 0 Å². The Morgan fingerprint density at radius 3 is 1.42 bits per heavy atom. The highest BCUT2D eigenvalue weighted by molar-refractivity contribution is 6.32. The van der Waals surface area contributed by atoms with Gasteiger partial charge in [-0.25, -0.2) is 9.59 Å². The van der Waals surface area contributed by atoms with Crippen LogP contribution in [0.25, 0.3) is 32.7 Å². The molecule has 3 aliphatic rings. The maximum Gasteiger partial charge on any atom is 0.318 e. The van der Waals surface area contributed by atoms with Crippen LogP contribution in [0.1, 0.15) is 50.5 Å². The van der Waals surface area contributed by atoms with Crippen molar-refractivity contribution < 1.29 is 24.2 Å². The van der Waals surface area contributed by atoms with Crippen molar-refractivity contribution in [2.45, 2.75) is 58.5 Å². The number of halogens is 7. The van der Waals surface area contributed by atoms with Crippen LogP contribution in [0.2, 0.25) is 30.1 Å². The normalized spacial score (nSPS) is 13.3. The van der Waals surface area contributed by atoms with Gasteiger partial charge in [0.2, 0.25) is 0 Å². The smallest absolute Gasteiger partial charge is 0.318 e. The van der Waals surface area contributed by atoms with Gasteiger partial charge in [-0.3, -0.25) is 0 Å². The molecule has 3 aliphatic heterocycles. The molecule has 12 rings (SSSR count). The number of aromatic nitrogens is 3. The summed E-state index contributed by atoms with van der Waals surface area (Å²) in [5, 5.41) is 26.3. The molecule has 79 heavy (non-hydrogen) atoms. The zero-order valence-corrected chi connectivity index (χ0v) is 48.5. The van der Waals surface area contributed by atoms with Crippen molar-refractivity contribution in [1.29, 1.82) is 0 Å². The quantitative estimate of drug-likeness (QED) is 0.0779. The number of H-pyrrole nitrogens is 3. The Labute approximate surface area is 493 Å². The summed E-state index contributed by atoms with van der Waals surface area (Å²) in [5.74, 6) is 1.50. The average Bonchev–Trinajstić information content (AvgIpc) is 4.34. The Morgan fingerprint density at radius 2 is 0.962 bits per heavy atom. The number of phenols is 1. The number of rotatable bonds is 7. The molecule has 0 unspecified atom stereocenters. The molecule has 0 bridgehead atoms. The van der Waals surface area contributed by atoms with Gasteiger partial charge < -0.3 is 61.0 Å². The number of nitrogens with two attached hydrogens (primary N) is 1. The minimum atomic E-state index is -0.146. The molecule has 6 aromatic carbocycles. The van der Waals surface area contributed by atoms with E-state index in [0.717, 1.165) is 98.0 Å². The number of amides is 4. The molecule has 0 spiro atoms. The van der Waals surface area contributed by atoms with Crippen molar-refractivity contribution in [3.63, 3.8) is 0 Å². The summed E-state index contributed by atoms with van der Waals surface area (Å²) in [5.41, 5.74) is 18.7. The van der Waals surface area contributed by atoms with Gasteiger partial charge in [-0.2, -0.15) is 0 Å². The zero-order chi connectivity index (χ0) is 55.0. The van der Waals surface area contributed by atoms with Crippen molar-refractivity contribution in [2.24, 2.45) is 5.73 Å². The molecule has 0 atom stereocenters. The van der Waals surface area contributed by atoms with E-state index in [-0.39, 0.29) is 30.2 Å². The molecule has 0 radical (unpaired) electrons. The molecule has 0 saturated carbocycles. The number of nitrogens with zero attached hydrogens (tertiary/aromatic N) is 2. The third kappa shape index (κ3) is 14.8. The Morgan fingerprint density at radius 1 is 0.544 bits per heavy atom. The first-order valence-electron chi connectivity index (χ1n) is 25.1. The zero-order valence-electron chi connectivity index (χ0n) is 43.1. The second kappa shape index (κ2) is 26.9. The van der Waals surface area contributed by atoms with Gasteiger partial charge in [0.1, 0.15) is 17.2 Å². The van der Waals surface area contributed by atoms with Gasteiger partial charge in [0.25, 0.3) is 0 Å². The Bertz CT molecular complexity index is 3600. The van der Waals surface area contributed by atoms with Crippen LogP contribution >= 0.6 is 82.0 Å². The predicted molar refractivity (Wildman–Crippen MR) is 322 cm³/mol. The number of hydrogen-bond donors (Lipinski definition) is 8. The number of carbonyl (C=O) groups is 2. The summed E-state index contributed by atoms with van der Waals surface area (Å²) in [6.07, 6.45) is 2.67. The third-order valence-electron chi connectivity index (χ3n) is 13.7. The molecule has 0 saturated heterocycles. The van der Waals surface area contributed by atoms with E-state index in [1.165, 1.54) is 39.4 Å². The molecule has 9 N–H and O–H groups in total. The van der Waals surface area contributed by atoms with Crippen LogP contribution < -0.4 is 31.2 Å². The minimum absolute atomic E-state index is 0. The third-order valence-corrected chi connectivity index (χ3v) is 15.0. The summed E-state index contributed by atoms with van der Waals surface area (Å²) in [7, 11) is 3.19. The number of ether oxygens (including phenoxy) is 2. The lowest BCUT2D eigenvalue weighted by Crippen LogP contribution is -2.42. The van der Waals surface area contributed by atoms with Gasteiger partial charge in [0, 0.05) is 119 Å². The van der Waals surface area contributed by atoms with E-state index in [4.69, 9.17) is 84.8 Å². The number of phenolic OH excluding ortho intramolecular Hbond substituents is 1. The first kappa shape index (κ1) is 59.0. The van der Waals surface area contributed by atoms with Gasteiger partial charge in [0.05, 0.1) is 27.3 Å². The Kier molecular flexibility index (Phi) is 20.0. The number of aromatic hydroxyl groups is 1. The van der Waals surface area contributed by atoms with Crippen LogP contribution in [-0.4, -0.2) is 75.8 Å². The van der Waals surface area contributed by atoms with Crippen LogP contribution in [0.4, 0.5) is 9.59 Å². The van der Waals surface area contributed by atoms with Gasteiger partial charge in [0.15, 0.2) is 0 Å². The number of urea groups is 2. The number of carbonyl (C=O) groups excluding carboxylic acids is 2. The van der Waals surface area contributed by atoms with Crippen LogP contribution in [0.3, 0.4) is 0 Å². The number of methoxy groups -OCH3 is 2. The topological polar surface area (TPSA) is 189 Å². The van der Waals surface area contributed by atoms with E-state index in [1.54, 1.807) is 48.3 Å². The molecular formula is C58H58Cl7N9O5. The van der Waals surface area contributed by atoms with E-state index in [0.29, 0.717) is 71.7 Å². The van der Waals surface area contributed by atoms with Crippen molar-refractivity contribution >= 4 is 127 Å². The molecule has 4 amide bonds. The summed E-state index contributed by atoms with van der Waals surface area (Å²) < 4.78 is 10.2. The SMILES string of the molecule is COc1cc(Cl)cc(CN)c1.COc1cc(Cl)cc(CNC(=O)N2CCc3c([nH]c4ccc(Cl)cc34)C2)c1.Cl.Clc1ccc2[nH]c3c(c2c1)CCNC3.O=C(NCc1cc(O)cc(Cl)c1)N1CCc2c([nH]c3ccc(Cl)cc23)C1. The first-order chi connectivity index (χ1) is 37.6. The minimum Gasteiger partial charge on any atom is -0.508 e. The molecule has 14 nitrogen and oxygen atoms in total. The maximum absolute atomic E-state index is 12.6. The van der Waals surface area contributed by atoms with E-state index >= 15 is 0 Å². The van der Waals surface area contributed by atoms with E-state index in [1.807, 2.05) is 66.7 Å². The van der Waals surface area contributed by atoms with Crippen LogP contribution in [0.15, 0.2) is 109 Å². The van der Waals surface area contributed by atoms with E-state index in [2.05, 4.69) is 43.0 Å². The second-order valence-electron chi connectivity index (χ2n) is 18.9. The Hall–Kier alpha value is -6.17. The summed E-state index contributed by atoms with van der Waals surface area (Å²) in [6.45, 7) is 5.56. The van der Waals surface area contributed by atoms with Gasteiger partial charge in [-0.15, -0.1) is 12.4 Å². The fourth-order valence-electron chi connectivity index (χ4n) is 9.92. The van der Waals surface area contributed by atoms with Gasteiger partial charge >= 0.3 is 12.1 Å². The summed E-state index contributed by atoms with van der Waals surface area (Å²) in [6, 6.07) is 33.0.